The molecular formula is C14H36N4. The number of nitrogens with one attached hydrogen (secondary N) is 4. The molecule has 0 amide bonds. The lowest BCUT2D eigenvalue weighted by molar-refractivity contribution is 0.574. The molecule has 0 atom stereocenters. The summed E-state index contributed by atoms with van der Waals surface area (Å²) in [6.07, 6.45) is 3.85. The standard InChI is InChI=1S/C10H26N4.C4H10/c1-3-4-12-7-8-14-10-9-13-6-5-11-2;1-3-4-2/h11-14H,3-10H2,1-2H3;3-4H2,1-2H3. The van der Waals surface area contributed by atoms with E-state index in [1.54, 1.807) is 0 Å². The summed E-state index contributed by atoms with van der Waals surface area (Å²) in [6.45, 7) is 14.0. The molecule has 0 rings (SSSR count). The van der Waals surface area contributed by atoms with Crippen molar-refractivity contribution in [1.29, 1.82) is 0 Å². The fourth-order valence-electron chi connectivity index (χ4n) is 1.12. The van der Waals surface area contributed by atoms with Gasteiger partial charge in [0.05, 0.1) is 0 Å². The summed E-state index contributed by atoms with van der Waals surface area (Å²) in [6, 6.07) is 0. The first-order valence-corrected chi connectivity index (χ1v) is 7.60. The van der Waals surface area contributed by atoms with E-state index in [2.05, 4.69) is 42.0 Å². The molecule has 18 heavy (non-hydrogen) atoms. The van der Waals surface area contributed by atoms with Crippen LogP contribution in [0.1, 0.15) is 40.0 Å². The first-order valence-electron chi connectivity index (χ1n) is 7.60. The predicted molar refractivity (Wildman–Crippen MR) is 83.4 cm³/mol. The smallest absolute Gasteiger partial charge is 0.00772 e. The van der Waals surface area contributed by atoms with E-state index in [0.717, 1.165) is 45.8 Å². The van der Waals surface area contributed by atoms with Gasteiger partial charge in [0.2, 0.25) is 0 Å². The van der Waals surface area contributed by atoms with Gasteiger partial charge >= 0.3 is 0 Å². The van der Waals surface area contributed by atoms with E-state index < -0.39 is 0 Å². The Bertz CT molecular complexity index is 106. The van der Waals surface area contributed by atoms with E-state index in [1.807, 2.05) is 7.05 Å². The van der Waals surface area contributed by atoms with Gasteiger partial charge in [0.25, 0.3) is 0 Å². The second-order valence-corrected chi connectivity index (χ2v) is 4.35. The van der Waals surface area contributed by atoms with Crippen LogP contribution in [-0.4, -0.2) is 52.9 Å². The van der Waals surface area contributed by atoms with Crippen LogP contribution in [0.25, 0.3) is 0 Å². The Morgan fingerprint density at radius 3 is 1.22 bits per heavy atom. The number of rotatable bonds is 12. The third kappa shape index (κ3) is 24.9. The van der Waals surface area contributed by atoms with E-state index in [1.165, 1.54) is 19.3 Å². The molecule has 0 aromatic carbocycles. The monoisotopic (exact) mass is 260 g/mol. The van der Waals surface area contributed by atoms with Crippen LogP contribution < -0.4 is 21.3 Å². The minimum absolute atomic E-state index is 1.04. The molecule has 4 nitrogen and oxygen atoms in total. The van der Waals surface area contributed by atoms with E-state index >= 15 is 0 Å². The second kappa shape index (κ2) is 22.1. The fourth-order valence-corrected chi connectivity index (χ4v) is 1.12. The lowest BCUT2D eigenvalue weighted by Crippen LogP contribution is -2.34. The van der Waals surface area contributed by atoms with Gasteiger partial charge in [-0.2, -0.15) is 0 Å². The first kappa shape index (κ1) is 20.2. The molecule has 0 heterocycles. The lowest BCUT2D eigenvalue weighted by Gasteiger charge is -2.06. The van der Waals surface area contributed by atoms with Crippen molar-refractivity contribution in [2.75, 3.05) is 52.9 Å². The predicted octanol–water partition coefficient (Wildman–Crippen LogP) is 1.19. The normalized spacial score (nSPS) is 10.0. The van der Waals surface area contributed by atoms with E-state index in [0.29, 0.717) is 0 Å². The topological polar surface area (TPSA) is 48.1 Å². The van der Waals surface area contributed by atoms with Gasteiger partial charge in [-0.1, -0.05) is 33.6 Å². The molecule has 0 aromatic rings. The Balaban J connectivity index is 0. The summed E-state index contributed by atoms with van der Waals surface area (Å²) in [7, 11) is 1.97. The summed E-state index contributed by atoms with van der Waals surface area (Å²) >= 11 is 0. The van der Waals surface area contributed by atoms with Crippen molar-refractivity contribution in [2.45, 2.75) is 40.0 Å². The van der Waals surface area contributed by atoms with Crippen molar-refractivity contribution in [1.82, 2.24) is 21.3 Å². The van der Waals surface area contributed by atoms with E-state index in [4.69, 9.17) is 0 Å². The highest BCUT2D eigenvalue weighted by Gasteiger charge is 1.87. The Hall–Kier alpha value is -0.160. The Labute approximate surface area is 115 Å². The quantitative estimate of drug-likeness (QED) is 0.398. The first-order chi connectivity index (χ1) is 8.83. The molecule has 0 aliphatic rings. The van der Waals surface area contributed by atoms with E-state index in [9.17, 15) is 0 Å². The Kier molecular flexibility index (Phi) is 24.7. The van der Waals surface area contributed by atoms with Gasteiger partial charge < -0.3 is 21.3 Å². The summed E-state index contributed by atoms with van der Waals surface area (Å²) in [5.74, 6) is 0. The molecule has 0 aliphatic carbocycles. The van der Waals surface area contributed by atoms with Crippen molar-refractivity contribution in [3.63, 3.8) is 0 Å². The third-order valence-electron chi connectivity index (χ3n) is 2.44. The Morgan fingerprint density at radius 2 is 0.889 bits per heavy atom. The molecule has 0 radical (unpaired) electrons. The van der Waals surface area contributed by atoms with Gasteiger partial charge in [0.15, 0.2) is 0 Å². The van der Waals surface area contributed by atoms with Crippen LogP contribution in [0.3, 0.4) is 0 Å². The molecule has 0 bridgehead atoms. The van der Waals surface area contributed by atoms with Crippen LogP contribution in [0, 0.1) is 0 Å². The Morgan fingerprint density at radius 1 is 0.500 bits per heavy atom. The van der Waals surface area contributed by atoms with Crippen LogP contribution in [0.5, 0.6) is 0 Å². The maximum atomic E-state index is 3.38. The number of hydrogen-bond donors (Lipinski definition) is 4. The van der Waals surface area contributed by atoms with Gasteiger partial charge in [-0.15, -0.1) is 0 Å². The number of hydrogen-bond acceptors (Lipinski definition) is 4. The molecule has 0 unspecified atom stereocenters. The van der Waals surface area contributed by atoms with Crippen molar-refractivity contribution < 1.29 is 0 Å². The lowest BCUT2D eigenvalue weighted by atomic mass is 10.4. The van der Waals surface area contributed by atoms with Crippen LogP contribution in [0.4, 0.5) is 0 Å². The van der Waals surface area contributed by atoms with Gasteiger partial charge in [-0.05, 0) is 20.0 Å². The number of unbranched alkanes of at least 4 members (excludes halogenated alkanes) is 1. The maximum absolute atomic E-state index is 3.38. The summed E-state index contributed by atoms with van der Waals surface area (Å²) in [5, 5.41) is 13.2. The molecule has 0 spiro atoms. The highest BCUT2D eigenvalue weighted by atomic mass is 15.0. The highest BCUT2D eigenvalue weighted by molar-refractivity contribution is 4.55. The fraction of sp³-hybridized carbons (Fsp3) is 1.00. The van der Waals surface area contributed by atoms with Crippen molar-refractivity contribution >= 4 is 0 Å². The minimum atomic E-state index is 1.04. The molecule has 4 heteroatoms. The van der Waals surface area contributed by atoms with E-state index in [-0.39, 0.29) is 0 Å². The van der Waals surface area contributed by atoms with Gasteiger partial charge in [0.1, 0.15) is 0 Å². The summed E-state index contributed by atoms with van der Waals surface area (Å²) in [5.41, 5.74) is 0. The molecule has 4 N–H and O–H groups in total. The summed E-state index contributed by atoms with van der Waals surface area (Å²) in [4.78, 5) is 0. The average Bonchev–Trinajstić information content (AvgIpc) is 2.41. The SMILES string of the molecule is CCCC.CCCNCCNCCNCCNC. The van der Waals surface area contributed by atoms with Crippen LogP contribution in [0.2, 0.25) is 0 Å². The maximum Gasteiger partial charge on any atom is 0.00772 e. The molecule has 112 valence electrons. The zero-order valence-corrected chi connectivity index (χ0v) is 13.1. The second-order valence-electron chi connectivity index (χ2n) is 4.35. The molecule has 0 aromatic heterocycles. The highest BCUT2D eigenvalue weighted by Crippen LogP contribution is 1.76. The molecular weight excluding hydrogens is 224 g/mol. The van der Waals surface area contributed by atoms with Gasteiger partial charge in [-0.25, -0.2) is 0 Å². The molecule has 0 saturated carbocycles. The summed E-state index contributed by atoms with van der Waals surface area (Å²) < 4.78 is 0. The van der Waals surface area contributed by atoms with Crippen LogP contribution >= 0.6 is 0 Å². The van der Waals surface area contributed by atoms with Crippen molar-refractivity contribution in [3.05, 3.63) is 0 Å². The van der Waals surface area contributed by atoms with Crippen LogP contribution in [-0.2, 0) is 0 Å². The molecule has 0 fully saturated rings. The van der Waals surface area contributed by atoms with Crippen molar-refractivity contribution in [3.8, 4) is 0 Å². The van der Waals surface area contributed by atoms with Gasteiger partial charge in [0, 0.05) is 39.3 Å². The third-order valence-corrected chi connectivity index (χ3v) is 2.44. The zero-order chi connectivity index (χ0) is 13.9. The molecule has 0 aliphatic heterocycles. The largest absolute Gasteiger partial charge is 0.318 e. The average molecular weight is 260 g/mol. The minimum Gasteiger partial charge on any atom is -0.318 e. The van der Waals surface area contributed by atoms with Crippen LogP contribution in [0.15, 0.2) is 0 Å². The number of likely N-dealkylation sites (N-methyl/N-ethyl adjacent to an activating group) is 1. The zero-order valence-electron chi connectivity index (χ0n) is 13.1. The van der Waals surface area contributed by atoms with Crippen molar-refractivity contribution in [2.24, 2.45) is 0 Å². The van der Waals surface area contributed by atoms with Gasteiger partial charge in [-0.3, -0.25) is 0 Å². The molecule has 0 saturated heterocycles.